The van der Waals surface area contributed by atoms with E-state index in [9.17, 15) is 13.2 Å². The van der Waals surface area contributed by atoms with E-state index in [1.165, 1.54) is 4.31 Å². The summed E-state index contributed by atoms with van der Waals surface area (Å²) in [4.78, 5) is 16.7. The second-order valence-electron chi connectivity index (χ2n) is 7.26. The zero-order chi connectivity index (χ0) is 20.3. The predicted octanol–water partition coefficient (Wildman–Crippen LogP) is 2.95. The molecule has 0 aliphatic carbocycles. The Morgan fingerprint density at radius 1 is 1.00 bits per heavy atom. The molecule has 1 aliphatic rings. The van der Waals surface area contributed by atoms with E-state index in [0.29, 0.717) is 37.4 Å². The Labute approximate surface area is 170 Å². The van der Waals surface area contributed by atoms with Crippen molar-refractivity contribution in [1.29, 1.82) is 0 Å². The highest BCUT2D eigenvalue weighted by Crippen LogP contribution is 2.26. The number of carbonyl (C=O) groups excluding carboxylic acids is 1. The monoisotopic (exact) mass is 409 g/mol. The molecule has 7 heteroatoms. The molecule has 0 saturated carbocycles. The Kier molecular flexibility index (Phi) is 5.60. The minimum absolute atomic E-state index is 0.0236. The molecule has 1 aliphatic heterocycles. The summed E-state index contributed by atoms with van der Waals surface area (Å²) in [5.74, 6) is -0.190. The first-order chi connectivity index (χ1) is 14.0. The van der Waals surface area contributed by atoms with E-state index < -0.39 is 10.0 Å². The van der Waals surface area contributed by atoms with E-state index in [4.69, 9.17) is 0 Å². The molecule has 150 valence electrons. The Bertz CT molecular complexity index is 1110. The Balaban J connectivity index is 1.38. The van der Waals surface area contributed by atoms with Gasteiger partial charge in [0, 0.05) is 37.9 Å². The maximum atomic E-state index is 13.0. The van der Waals surface area contributed by atoms with E-state index in [2.05, 4.69) is 10.3 Å². The first kappa shape index (κ1) is 19.5. The quantitative estimate of drug-likeness (QED) is 0.703. The normalized spacial score (nSPS) is 16.0. The topological polar surface area (TPSA) is 79.4 Å². The largest absolute Gasteiger partial charge is 0.352 e. The lowest BCUT2D eigenvalue weighted by Gasteiger charge is -2.30. The van der Waals surface area contributed by atoms with Gasteiger partial charge >= 0.3 is 0 Å². The van der Waals surface area contributed by atoms with Crippen LogP contribution in [0.2, 0.25) is 0 Å². The zero-order valence-corrected chi connectivity index (χ0v) is 16.8. The number of pyridine rings is 1. The van der Waals surface area contributed by atoms with Crippen LogP contribution in [0.3, 0.4) is 0 Å². The minimum Gasteiger partial charge on any atom is -0.352 e. The van der Waals surface area contributed by atoms with Crippen LogP contribution in [0.15, 0.2) is 71.9 Å². The van der Waals surface area contributed by atoms with Crippen LogP contribution in [-0.2, 0) is 21.4 Å². The van der Waals surface area contributed by atoms with Crippen molar-refractivity contribution in [2.45, 2.75) is 24.3 Å². The van der Waals surface area contributed by atoms with Crippen molar-refractivity contribution in [2.75, 3.05) is 13.1 Å². The summed E-state index contributed by atoms with van der Waals surface area (Å²) in [5.41, 5.74) is 0.990. The number of fused-ring (bicyclic) bond motifs is 1. The highest BCUT2D eigenvalue weighted by atomic mass is 32.2. The van der Waals surface area contributed by atoms with Crippen molar-refractivity contribution < 1.29 is 13.2 Å². The van der Waals surface area contributed by atoms with Crippen molar-refractivity contribution in [2.24, 2.45) is 5.92 Å². The lowest BCUT2D eigenvalue weighted by molar-refractivity contribution is -0.126. The van der Waals surface area contributed by atoms with Crippen molar-refractivity contribution in [3.05, 3.63) is 72.6 Å². The van der Waals surface area contributed by atoms with Gasteiger partial charge in [-0.15, -0.1) is 0 Å². The molecule has 29 heavy (non-hydrogen) atoms. The lowest BCUT2D eigenvalue weighted by atomic mass is 9.97. The first-order valence-electron chi connectivity index (χ1n) is 9.69. The third-order valence-corrected chi connectivity index (χ3v) is 7.29. The molecule has 0 unspecified atom stereocenters. The first-order valence-corrected chi connectivity index (χ1v) is 11.1. The minimum atomic E-state index is -3.56. The van der Waals surface area contributed by atoms with Crippen LogP contribution < -0.4 is 5.32 Å². The summed E-state index contributed by atoms with van der Waals surface area (Å²) >= 11 is 0. The number of sulfonamides is 1. The van der Waals surface area contributed by atoms with Gasteiger partial charge in [-0.2, -0.15) is 4.31 Å². The van der Waals surface area contributed by atoms with Crippen molar-refractivity contribution in [3.8, 4) is 0 Å². The summed E-state index contributed by atoms with van der Waals surface area (Å²) in [6.45, 7) is 1.15. The van der Waals surface area contributed by atoms with Gasteiger partial charge in [-0.05, 0) is 53.4 Å². The number of piperidine rings is 1. The van der Waals surface area contributed by atoms with Gasteiger partial charge in [-0.3, -0.25) is 9.78 Å². The molecule has 1 N–H and O–H groups in total. The highest BCUT2D eigenvalue weighted by Gasteiger charge is 2.32. The van der Waals surface area contributed by atoms with Gasteiger partial charge in [-0.25, -0.2) is 8.42 Å². The van der Waals surface area contributed by atoms with E-state index in [-0.39, 0.29) is 11.8 Å². The van der Waals surface area contributed by atoms with Crippen LogP contribution in [-0.4, -0.2) is 36.7 Å². The maximum absolute atomic E-state index is 13.0. The Hall–Kier alpha value is -2.77. The molecule has 1 aromatic heterocycles. The molecule has 6 nitrogen and oxygen atoms in total. The molecule has 0 atom stereocenters. The number of hydrogen-bond donors (Lipinski definition) is 1. The number of aromatic nitrogens is 1. The van der Waals surface area contributed by atoms with Gasteiger partial charge < -0.3 is 5.32 Å². The predicted molar refractivity (Wildman–Crippen MR) is 112 cm³/mol. The van der Waals surface area contributed by atoms with E-state index in [1.807, 2.05) is 42.5 Å². The van der Waals surface area contributed by atoms with Gasteiger partial charge in [0.2, 0.25) is 15.9 Å². The van der Waals surface area contributed by atoms with Gasteiger partial charge in [0.05, 0.1) is 4.90 Å². The van der Waals surface area contributed by atoms with Crippen LogP contribution in [0.25, 0.3) is 10.8 Å². The number of hydrogen-bond acceptors (Lipinski definition) is 4. The molecule has 2 heterocycles. The molecule has 2 aromatic carbocycles. The third-order valence-electron chi connectivity index (χ3n) is 5.40. The second-order valence-corrected chi connectivity index (χ2v) is 9.20. The Morgan fingerprint density at radius 2 is 1.69 bits per heavy atom. The highest BCUT2D eigenvalue weighted by molar-refractivity contribution is 7.89. The molecular formula is C22H23N3O3S. The van der Waals surface area contributed by atoms with Crippen molar-refractivity contribution >= 4 is 26.7 Å². The van der Waals surface area contributed by atoms with Crippen LogP contribution in [0.5, 0.6) is 0 Å². The molecule has 1 fully saturated rings. The summed E-state index contributed by atoms with van der Waals surface area (Å²) in [6, 6.07) is 16.6. The summed E-state index contributed by atoms with van der Waals surface area (Å²) in [7, 11) is -3.56. The van der Waals surface area contributed by atoms with E-state index in [1.54, 1.807) is 24.5 Å². The standard InChI is InChI=1S/C22H23N3O3S/c26-22(24-16-17-7-11-23-12-8-17)19-9-13-25(14-10-19)29(27,28)21-6-5-18-3-1-2-4-20(18)15-21/h1-8,11-12,15,19H,9-10,13-14,16H2,(H,24,26). The van der Waals surface area contributed by atoms with Gasteiger partial charge in [0.1, 0.15) is 0 Å². The van der Waals surface area contributed by atoms with Crippen LogP contribution in [0.1, 0.15) is 18.4 Å². The fourth-order valence-corrected chi connectivity index (χ4v) is 5.18. The molecule has 0 spiro atoms. The number of rotatable bonds is 5. The molecule has 1 amide bonds. The number of amides is 1. The van der Waals surface area contributed by atoms with Gasteiger partial charge in [0.25, 0.3) is 0 Å². The van der Waals surface area contributed by atoms with Crippen LogP contribution in [0.4, 0.5) is 0 Å². The fraction of sp³-hybridized carbons (Fsp3) is 0.273. The number of benzene rings is 2. The molecule has 1 saturated heterocycles. The molecule has 0 bridgehead atoms. The van der Waals surface area contributed by atoms with Crippen LogP contribution >= 0.6 is 0 Å². The Morgan fingerprint density at radius 3 is 2.41 bits per heavy atom. The van der Waals surface area contributed by atoms with E-state index >= 15 is 0 Å². The molecule has 3 aromatic rings. The average Bonchev–Trinajstić information content (AvgIpc) is 2.78. The average molecular weight is 410 g/mol. The van der Waals surface area contributed by atoms with Crippen molar-refractivity contribution in [1.82, 2.24) is 14.6 Å². The van der Waals surface area contributed by atoms with Crippen molar-refractivity contribution in [3.63, 3.8) is 0 Å². The molecule has 0 radical (unpaired) electrons. The lowest BCUT2D eigenvalue weighted by Crippen LogP contribution is -2.42. The maximum Gasteiger partial charge on any atom is 0.243 e. The number of carbonyl (C=O) groups is 1. The second kappa shape index (κ2) is 8.31. The van der Waals surface area contributed by atoms with Gasteiger partial charge in [0.15, 0.2) is 0 Å². The van der Waals surface area contributed by atoms with Gasteiger partial charge in [-0.1, -0.05) is 30.3 Å². The molecule has 4 rings (SSSR count). The summed E-state index contributed by atoms with van der Waals surface area (Å²) in [6.07, 6.45) is 4.43. The zero-order valence-electron chi connectivity index (χ0n) is 16.0. The summed E-state index contributed by atoms with van der Waals surface area (Å²) < 4.78 is 27.6. The number of nitrogens with one attached hydrogen (secondary N) is 1. The SMILES string of the molecule is O=C(NCc1ccncc1)C1CCN(S(=O)(=O)c2ccc3ccccc3c2)CC1. The third kappa shape index (κ3) is 4.31. The number of nitrogens with zero attached hydrogens (tertiary/aromatic N) is 2. The fourth-order valence-electron chi connectivity index (χ4n) is 3.67. The van der Waals surface area contributed by atoms with Crippen LogP contribution in [0, 0.1) is 5.92 Å². The smallest absolute Gasteiger partial charge is 0.243 e. The summed E-state index contributed by atoms with van der Waals surface area (Å²) in [5, 5.41) is 4.85. The molecular weight excluding hydrogens is 386 g/mol. The van der Waals surface area contributed by atoms with E-state index in [0.717, 1.165) is 16.3 Å².